The Morgan fingerprint density at radius 1 is 0.734 bits per heavy atom. The Labute approximate surface area is 380 Å². The molecule has 0 radical (unpaired) electrons. The van der Waals surface area contributed by atoms with Crippen molar-refractivity contribution in [2.45, 2.75) is 31.5 Å². The van der Waals surface area contributed by atoms with E-state index in [1.807, 2.05) is 79.0 Å². The van der Waals surface area contributed by atoms with Crippen molar-refractivity contribution in [2.24, 2.45) is 11.8 Å². The van der Waals surface area contributed by atoms with E-state index in [9.17, 15) is 0 Å². The second-order valence-corrected chi connectivity index (χ2v) is 17.4. The zero-order chi connectivity index (χ0) is 43.6. The van der Waals surface area contributed by atoms with Gasteiger partial charge in [-0.2, -0.15) is 4.98 Å². The van der Waals surface area contributed by atoms with Gasteiger partial charge in [0, 0.05) is 58.2 Å². The third-order valence-electron chi connectivity index (χ3n) is 13.5. The molecule has 64 heavy (non-hydrogen) atoms. The number of benzene rings is 6. The van der Waals surface area contributed by atoms with Gasteiger partial charge >= 0.3 is 0 Å². The lowest BCUT2D eigenvalue weighted by Gasteiger charge is -2.58. The highest BCUT2D eigenvalue weighted by atomic mass is 35.5. The summed E-state index contributed by atoms with van der Waals surface area (Å²) in [5.74, 6) is 3.34. The van der Waals surface area contributed by atoms with E-state index in [0.29, 0.717) is 34.3 Å². The Kier molecular flexibility index (Phi) is 11.4. The largest absolute Gasteiger partial charge is 0.497 e. The van der Waals surface area contributed by atoms with Gasteiger partial charge in [0.1, 0.15) is 29.2 Å². The van der Waals surface area contributed by atoms with Crippen LogP contribution in [0.5, 0.6) is 17.4 Å². The van der Waals surface area contributed by atoms with Gasteiger partial charge in [-0.05, 0) is 59.0 Å². The molecule has 0 spiro atoms. The van der Waals surface area contributed by atoms with E-state index in [0.717, 1.165) is 98.3 Å². The fraction of sp³-hybridized carbons (Fsp3) is 0.196. The first-order valence-corrected chi connectivity index (χ1v) is 22.4. The highest BCUT2D eigenvalue weighted by Gasteiger charge is 2.55. The van der Waals surface area contributed by atoms with Crippen LogP contribution >= 0.6 is 11.6 Å². The van der Waals surface area contributed by atoms with Crippen LogP contribution in [0.25, 0.3) is 55.7 Å². The zero-order valence-electron chi connectivity index (χ0n) is 36.1. The highest BCUT2D eigenvalue weighted by Crippen LogP contribution is 2.51. The Bertz CT molecular complexity index is 2870. The van der Waals surface area contributed by atoms with Gasteiger partial charge in [-0.15, -0.1) is 6.58 Å². The molecule has 6 aromatic carbocycles. The van der Waals surface area contributed by atoms with E-state index in [-0.39, 0.29) is 6.04 Å². The number of methoxy groups -OCH3 is 2. The first-order valence-electron chi connectivity index (χ1n) is 22.0. The monoisotopic (exact) mass is 861 g/mol. The normalized spacial score (nSPS) is 19.5. The minimum absolute atomic E-state index is 0.00765. The van der Waals surface area contributed by atoms with Gasteiger partial charge in [0.25, 0.3) is 0 Å². The van der Waals surface area contributed by atoms with Crippen LogP contribution in [-0.4, -0.2) is 52.8 Å². The Balaban J connectivity index is 1.19. The lowest BCUT2D eigenvalue weighted by molar-refractivity contribution is -0.984. The average Bonchev–Trinajstić information content (AvgIpc) is 3.36. The third kappa shape index (κ3) is 7.80. The number of piperidine rings is 3. The maximum absolute atomic E-state index is 7.69. The smallest absolute Gasteiger partial charge is 0.227 e. The molecule has 0 saturated carbocycles. The molecule has 5 heterocycles. The van der Waals surface area contributed by atoms with Crippen molar-refractivity contribution in [3.8, 4) is 62.1 Å². The minimum Gasteiger partial charge on any atom is -0.497 e. The summed E-state index contributed by atoms with van der Waals surface area (Å²) in [4.78, 5) is 15.0. The number of rotatable bonds is 13. The van der Waals surface area contributed by atoms with Crippen LogP contribution in [-0.2, 0) is 6.54 Å². The summed E-state index contributed by atoms with van der Waals surface area (Å²) in [6.07, 6.45) is 5.62. The summed E-state index contributed by atoms with van der Waals surface area (Å²) < 4.78 is 20.6. The second-order valence-electron chi connectivity index (χ2n) is 17.1. The van der Waals surface area contributed by atoms with E-state index >= 15 is 0 Å². The van der Waals surface area contributed by atoms with Crippen molar-refractivity contribution < 1.29 is 18.7 Å². The molecule has 3 fully saturated rings. The molecule has 11 rings (SSSR count). The van der Waals surface area contributed by atoms with E-state index in [1.165, 1.54) is 5.56 Å². The van der Waals surface area contributed by atoms with Gasteiger partial charge in [-0.1, -0.05) is 139 Å². The summed E-state index contributed by atoms with van der Waals surface area (Å²) in [5.41, 5.74) is 9.86. The topological polar surface area (TPSA) is 66.4 Å². The molecule has 0 N–H and O–H groups in total. The molecule has 1 unspecified atom stereocenters. The van der Waals surface area contributed by atoms with Crippen molar-refractivity contribution in [3.63, 3.8) is 0 Å². The van der Waals surface area contributed by atoms with Crippen molar-refractivity contribution in [2.75, 3.05) is 27.3 Å². The van der Waals surface area contributed by atoms with Gasteiger partial charge in [0.2, 0.25) is 5.88 Å². The van der Waals surface area contributed by atoms with Gasteiger partial charge in [0.15, 0.2) is 11.9 Å². The number of nitrogens with zero attached hydrogens (tertiary/aromatic N) is 4. The predicted octanol–water partition coefficient (Wildman–Crippen LogP) is 13.1. The highest BCUT2D eigenvalue weighted by molar-refractivity contribution is 6.32. The number of quaternary nitrogens is 1. The molecule has 0 aliphatic carbocycles. The summed E-state index contributed by atoms with van der Waals surface area (Å²) in [6.45, 7) is 7.07. The van der Waals surface area contributed by atoms with Crippen LogP contribution in [0.2, 0.25) is 5.15 Å². The summed E-state index contributed by atoms with van der Waals surface area (Å²) in [7, 11) is 3.48. The predicted molar refractivity (Wildman–Crippen MR) is 257 cm³/mol. The molecule has 3 saturated heterocycles. The molecular weight excluding hydrogens is 812 g/mol. The van der Waals surface area contributed by atoms with Crippen molar-refractivity contribution in [3.05, 3.63) is 193 Å². The van der Waals surface area contributed by atoms with Gasteiger partial charge in [-0.25, -0.2) is 4.98 Å². The maximum Gasteiger partial charge on any atom is 0.227 e. The van der Waals surface area contributed by atoms with Crippen LogP contribution in [0, 0.1) is 11.8 Å². The summed E-state index contributed by atoms with van der Waals surface area (Å²) >= 11 is 7.28. The number of hydrogen-bond donors (Lipinski definition) is 0. The van der Waals surface area contributed by atoms with Crippen LogP contribution in [0.15, 0.2) is 177 Å². The number of aromatic nitrogens is 3. The minimum atomic E-state index is -0.483. The summed E-state index contributed by atoms with van der Waals surface area (Å²) in [5, 5.41) is 1.30. The molecule has 8 heteroatoms. The fourth-order valence-corrected chi connectivity index (χ4v) is 10.7. The fourth-order valence-electron chi connectivity index (χ4n) is 10.4. The van der Waals surface area contributed by atoms with Crippen molar-refractivity contribution in [1.82, 2.24) is 15.0 Å². The quantitative estimate of drug-likeness (QED) is 0.0653. The first-order chi connectivity index (χ1) is 31.4. The van der Waals surface area contributed by atoms with Crippen LogP contribution < -0.4 is 14.2 Å². The van der Waals surface area contributed by atoms with Crippen LogP contribution in [0.1, 0.15) is 30.1 Å². The lowest BCUT2D eigenvalue weighted by Crippen LogP contribution is -2.68. The molecule has 2 bridgehead atoms. The number of ether oxygens (including phenoxy) is 3. The maximum atomic E-state index is 7.69. The van der Waals surface area contributed by atoms with E-state index in [4.69, 9.17) is 40.8 Å². The standard InChI is InChI=1S/C56H50ClN4O3/c1-4-38-36-61(35-37-31-46(39-17-9-5-10-18-39)52(63-3)47(32-37)40-19-11-6-12-20-40)30-28-43(38)33-50(61)53(45-27-29-58-49-26-25-44(62-2)34-48(45)49)64-56-51(41-21-13-7-14-22-41)54(57)59-55(60-56)42-23-15-8-16-24-42/h4-27,29,31-32,34,38,43,50,53H,1,28,30,33,35-36H2,2-3H3/q+1/t38-,43-,50+,53-,61?/m0/s1. The third-order valence-corrected chi connectivity index (χ3v) is 13.8. The first kappa shape index (κ1) is 41.2. The molecule has 0 amide bonds. The Hall–Kier alpha value is -6.80. The molecule has 8 aromatic rings. The average molecular weight is 862 g/mol. The molecule has 7 nitrogen and oxygen atoms in total. The van der Waals surface area contributed by atoms with Crippen LogP contribution in [0.4, 0.5) is 0 Å². The Morgan fingerprint density at radius 3 is 1.97 bits per heavy atom. The number of hydrogen-bond acceptors (Lipinski definition) is 6. The molecule has 2 aromatic heterocycles. The SMILES string of the molecule is C=C[C@H]1C[N+]2(Cc3cc(-c4ccccc4)c(OC)c(-c4ccccc4)c3)CC[C@H]1C[C@@H]2[C@@H](Oc1nc(-c2ccccc2)nc(Cl)c1-c1ccccc1)c1ccnc2ccc(OC)cc12. The lowest BCUT2D eigenvalue weighted by atomic mass is 9.71. The molecular formula is C56H50ClN4O3+. The van der Waals surface area contributed by atoms with Gasteiger partial charge < -0.3 is 18.7 Å². The number of fused-ring (bicyclic) bond motifs is 4. The van der Waals surface area contributed by atoms with Gasteiger partial charge in [-0.3, -0.25) is 4.98 Å². The Morgan fingerprint density at radius 2 is 1.36 bits per heavy atom. The van der Waals surface area contributed by atoms with E-state index in [2.05, 4.69) is 97.6 Å². The number of halogens is 1. The van der Waals surface area contributed by atoms with Gasteiger partial charge in [0.05, 0.1) is 38.4 Å². The summed E-state index contributed by atoms with van der Waals surface area (Å²) in [6, 6.07) is 54.1. The van der Waals surface area contributed by atoms with E-state index in [1.54, 1.807) is 14.2 Å². The molecule has 3 aliphatic heterocycles. The van der Waals surface area contributed by atoms with Crippen molar-refractivity contribution in [1.29, 1.82) is 0 Å². The van der Waals surface area contributed by atoms with E-state index < -0.39 is 6.10 Å². The zero-order valence-corrected chi connectivity index (χ0v) is 36.9. The second kappa shape index (κ2) is 17.8. The molecule has 5 atom stereocenters. The number of pyridine rings is 1. The molecule has 318 valence electrons. The van der Waals surface area contributed by atoms with Crippen molar-refractivity contribution >= 4 is 22.5 Å². The molecule has 3 aliphatic rings. The van der Waals surface area contributed by atoms with Crippen LogP contribution in [0.3, 0.4) is 0 Å².